The van der Waals surface area contributed by atoms with E-state index in [0.717, 1.165) is 41.8 Å². The molecule has 5 heteroatoms. The molecule has 2 aromatic heterocycles. The highest BCUT2D eigenvalue weighted by Crippen LogP contribution is 2.33. The largest absolute Gasteiger partial charge is 0.393 e. The van der Waals surface area contributed by atoms with Crippen LogP contribution < -0.4 is 5.32 Å². The fraction of sp³-hybridized carbons (Fsp3) is 0.316. The van der Waals surface area contributed by atoms with Gasteiger partial charge in [-0.25, -0.2) is 4.98 Å². The number of nitrogens with one attached hydrogen (secondary N) is 1. The summed E-state index contributed by atoms with van der Waals surface area (Å²) in [6.07, 6.45) is 5.88. The number of anilines is 1. The lowest BCUT2D eigenvalue weighted by molar-refractivity contribution is 0.0340. The number of hydrogen-bond acceptors (Lipinski definition) is 5. The second kappa shape index (κ2) is 6.53. The fourth-order valence-electron chi connectivity index (χ4n) is 3.25. The topological polar surface area (TPSA) is 70.9 Å². The average Bonchev–Trinajstić information content (AvgIpc) is 2.59. The molecule has 0 bridgehead atoms. The highest BCUT2D eigenvalue weighted by atomic mass is 16.3. The van der Waals surface area contributed by atoms with Crippen molar-refractivity contribution in [3.05, 3.63) is 60.6 Å². The van der Waals surface area contributed by atoms with Crippen molar-refractivity contribution in [2.45, 2.75) is 31.4 Å². The predicted molar refractivity (Wildman–Crippen MR) is 93.6 cm³/mol. The van der Waals surface area contributed by atoms with Gasteiger partial charge in [-0.05, 0) is 43.0 Å². The molecular formula is C19H20N4O. The van der Waals surface area contributed by atoms with Crippen LogP contribution in [0, 0.1) is 5.92 Å². The zero-order valence-electron chi connectivity index (χ0n) is 13.3. The number of hydrogen-bond donors (Lipinski definition) is 2. The van der Waals surface area contributed by atoms with E-state index in [9.17, 15) is 5.11 Å². The van der Waals surface area contributed by atoms with Crippen LogP contribution in [0.5, 0.6) is 0 Å². The lowest BCUT2D eigenvalue weighted by Crippen LogP contribution is -2.42. The summed E-state index contributed by atoms with van der Waals surface area (Å²) in [4.78, 5) is 13.6. The van der Waals surface area contributed by atoms with Crippen molar-refractivity contribution in [3.8, 4) is 0 Å². The number of benzene rings is 1. The Labute approximate surface area is 140 Å². The number of aliphatic hydroxyl groups is 1. The van der Waals surface area contributed by atoms with E-state index in [1.54, 1.807) is 6.20 Å². The second-order valence-corrected chi connectivity index (χ2v) is 6.41. The third-order valence-corrected chi connectivity index (χ3v) is 4.66. The number of rotatable bonds is 5. The van der Waals surface area contributed by atoms with Gasteiger partial charge in [-0.15, -0.1) is 0 Å². The summed E-state index contributed by atoms with van der Waals surface area (Å²) in [6.45, 7) is 0. The van der Waals surface area contributed by atoms with Crippen LogP contribution in [0.4, 0.5) is 5.82 Å². The van der Waals surface area contributed by atoms with E-state index >= 15 is 0 Å². The second-order valence-electron chi connectivity index (χ2n) is 6.41. The van der Waals surface area contributed by atoms with Crippen molar-refractivity contribution in [2.24, 2.45) is 5.92 Å². The quantitative estimate of drug-likeness (QED) is 0.756. The highest BCUT2D eigenvalue weighted by molar-refractivity contribution is 5.75. The highest BCUT2D eigenvalue weighted by Gasteiger charge is 2.34. The molecule has 5 nitrogen and oxygen atoms in total. The molecule has 1 fully saturated rings. The number of pyridine rings is 1. The van der Waals surface area contributed by atoms with Crippen LogP contribution in [0.2, 0.25) is 0 Å². The maximum atomic E-state index is 9.67. The van der Waals surface area contributed by atoms with E-state index in [-0.39, 0.29) is 12.1 Å². The molecule has 4 rings (SSSR count). The summed E-state index contributed by atoms with van der Waals surface area (Å²) < 4.78 is 0. The van der Waals surface area contributed by atoms with E-state index in [4.69, 9.17) is 0 Å². The van der Waals surface area contributed by atoms with Crippen LogP contribution in [-0.2, 0) is 6.42 Å². The number of para-hydroxylation sites is 2. The zero-order valence-corrected chi connectivity index (χ0v) is 13.3. The molecule has 3 aromatic rings. The predicted octanol–water partition coefficient (Wildman–Crippen LogP) is 2.82. The minimum absolute atomic E-state index is 0.175. The van der Waals surface area contributed by atoms with Gasteiger partial charge in [0.25, 0.3) is 0 Å². The van der Waals surface area contributed by atoms with E-state index in [1.807, 2.05) is 48.7 Å². The minimum Gasteiger partial charge on any atom is -0.393 e. The molecular weight excluding hydrogens is 300 g/mol. The molecule has 0 radical (unpaired) electrons. The van der Waals surface area contributed by atoms with Crippen molar-refractivity contribution in [3.63, 3.8) is 0 Å². The third-order valence-electron chi connectivity index (χ3n) is 4.66. The summed E-state index contributed by atoms with van der Waals surface area (Å²) in [5.41, 5.74) is 2.82. The maximum Gasteiger partial charge on any atom is 0.145 e. The summed E-state index contributed by atoms with van der Waals surface area (Å²) in [6, 6.07) is 14.0. The fourth-order valence-corrected chi connectivity index (χ4v) is 3.25. The molecule has 1 aliphatic carbocycles. The maximum absolute atomic E-state index is 9.67. The first-order valence-corrected chi connectivity index (χ1v) is 8.34. The Morgan fingerprint density at radius 3 is 2.58 bits per heavy atom. The van der Waals surface area contributed by atoms with Crippen LogP contribution in [0.1, 0.15) is 18.5 Å². The Kier molecular flexibility index (Phi) is 4.09. The molecule has 1 atom stereocenters. The number of fused-ring (bicyclic) bond motifs is 1. The first-order valence-electron chi connectivity index (χ1n) is 8.34. The van der Waals surface area contributed by atoms with Gasteiger partial charge in [0.2, 0.25) is 0 Å². The SMILES string of the molecule is OC1CC([C@H](Cc2ccccn2)Nc2cnc3ccccc3n2)C1. The van der Waals surface area contributed by atoms with Crippen molar-refractivity contribution in [1.29, 1.82) is 0 Å². The van der Waals surface area contributed by atoms with Gasteiger partial charge in [0, 0.05) is 24.4 Å². The summed E-state index contributed by atoms with van der Waals surface area (Å²) in [5.74, 6) is 1.20. The molecule has 24 heavy (non-hydrogen) atoms. The van der Waals surface area contributed by atoms with E-state index in [1.165, 1.54) is 0 Å². The molecule has 0 unspecified atom stereocenters. The standard InChI is InChI=1S/C19H20N4O/c24-15-9-13(10-15)18(11-14-5-3-4-8-20-14)23-19-12-21-16-6-1-2-7-17(16)22-19/h1-8,12-13,15,18,24H,9-11H2,(H,22,23)/t13?,15?,18-/m0/s1. The monoisotopic (exact) mass is 320 g/mol. The molecule has 0 aliphatic heterocycles. The average molecular weight is 320 g/mol. The van der Waals surface area contributed by atoms with Gasteiger partial charge in [0.15, 0.2) is 0 Å². The summed E-state index contributed by atoms with van der Waals surface area (Å²) >= 11 is 0. The number of aliphatic hydroxyl groups excluding tert-OH is 1. The van der Waals surface area contributed by atoms with Crippen LogP contribution in [0.3, 0.4) is 0 Å². The van der Waals surface area contributed by atoms with E-state index in [2.05, 4.69) is 20.3 Å². The van der Waals surface area contributed by atoms with Crippen molar-refractivity contribution in [2.75, 3.05) is 5.32 Å². The Hall–Kier alpha value is -2.53. The van der Waals surface area contributed by atoms with Crippen molar-refractivity contribution in [1.82, 2.24) is 15.0 Å². The normalized spacial score (nSPS) is 21.2. The van der Waals surface area contributed by atoms with Gasteiger partial charge in [0.05, 0.1) is 23.3 Å². The van der Waals surface area contributed by atoms with Crippen LogP contribution in [0.15, 0.2) is 54.9 Å². The Morgan fingerprint density at radius 2 is 1.83 bits per heavy atom. The first-order chi connectivity index (χ1) is 11.8. The summed E-state index contributed by atoms with van der Waals surface area (Å²) in [7, 11) is 0. The van der Waals surface area contributed by atoms with Gasteiger partial charge in [0.1, 0.15) is 5.82 Å². The molecule has 2 N–H and O–H groups in total. The van der Waals surface area contributed by atoms with Crippen LogP contribution in [0.25, 0.3) is 11.0 Å². The van der Waals surface area contributed by atoms with Crippen molar-refractivity contribution >= 4 is 16.9 Å². The van der Waals surface area contributed by atoms with Gasteiger partial charge >= 0.3 is 0 Å². The lowest BCUT2D eigenvalue weighted by Gasteiger charge is -2.38. The minimum atomic E-state index is -0.175. The summed E-state index contributed by atoms with van der Waals surface area (Å²) in [5, 5.41) is 13.2. The number of aromatic nitrogens is 3. The van der Waals surface area contributed by atoms with Crippen LogP contribution >= 0.6 is 0 Å². The van der Waals surface area contributed by atoms with E-state index < -0.39 is 0 Å². The molecule has 122 valence electrons. The molecule has 0 saturated heterocycles. The Morgan fingerprint density at radius 1 is 1.04 bits per heavy atom. The number of nitrogens with zero attached hydrogens (tertiary/aromatic N) is 3. The molecule has 0 amide bonds. The molecule has 1 saturated carbocycles. The Bertz CT molecular complexity index is 818. The lowest BCUT2D eigenvalue weighted by atomic mass is 9.76. The molecule has 1 aromatic carbocycles. The van der Waals surface area contributed by atoms with E-state index in [0.29, 0.717) is 5.92 Å². The van der Waals surface area contributed by atoms with Gasteiger partial charge in [-0.3, -0.25) is 9.97 Å². The van der Waals surface area contributed by atoms with Gasteiger partial charge in [-0.2, -0.15) is 0 Å². The molecule has 1 aliphatic rings. The zero-order chi connectivity index (χ0) is 16.4. The first kappa shape index (κ1) is 15.0. The van der Waals surface area contributed by atoms with Gasteiger partial charge < -0.3 is 10.4 Å². The molecule has 2 heterocycles. The molecule has 0 spiro atoms. The Balaban J connectivity index is 1.55. The van der Waals surface area contributed by atoms with Crippen LogP contribution in [-0.4, -0.2) is 32.2 Å². The smallest absolute Gasteiger partial charge is 0.145 e. The van der Waals surface area contributed by atoms with Crippen molar-refractivity contribution < 1.29 is 5.11 Å². The van der Waals surface area contributed by atoms with Gasteiger partial charge in [-0.1, -0.05) is 18.2 Å². The third kappa shape index (κ3) is 3.21.